The molecule has 0 aliphatic rings. The van der Waals surface area contributed by atoms with E-state index in [-0.39, 0.29) is 23.4 Å². The third-order valence-corrected chi connectivity index (χ3v) is 2.82. The minimum atomic E-state index is -0.361. The van der Waals surface area contributed by atoms with Gasteiger partial charge in [0.05, 0.1) is 30.3 Å². The predicted octanol–water partition coefficient (Wildman–Crippen LogP) is 1.98. The number of nitriles is 2. The Kier molecular flexibility index (Phi) is 4.83. The van der Waals surface area contributed by atoms with Gasteiger partial charge in [0.25, 0.3) is 5.56 Å². The Balaban J connectivity index is 2.98. The van der Waals surface area contributed by atoms with Crippen molar-refractivity contribution in [3.63, 3.8) is 0 Å². The molecule has 1 heterocycles. The van der Waals surface area contributed by atoms with Gasteiger partial charge in [-0.2, -0.15) is 15.6 Å². The Labute approximate surface area is 113 Å². The van der Waals surface area contributed by atoms with Crippen molar-refractivity contribution in [1.29, 1.82) is 10.5 Å². The van der Waals surface area contributed by atoms with Gasteiger partial charge in [0.15, 0.2) is 0 Å². The molecular formula is C14H18N4O. The van der Waals surface area contributed by atoms with E-state index in [1.54, 1.807) is 6.07 Å². The summed E-state index contributed by atoms with van der Waals surface area (Å²) in [6.07, 6.45) is 0.771. The molecule has 1 atom stereocenters. The van der Waals surface area contributed by atoms with Gasteiger partial charge in [-0.25, -0.2) is 4.68 Å². The first-order chi connectivity index (χ1) is 8.88. The Hall–Kier alpha value is -2.14. The van der Waals surface area contributed by atoms with Crippen molar-refractivity contribution in [2.24, 2.45) is 5.92 Å². The standard InChI is InChI=1S/C14H18N4O/c1-14(2,3)12-6-7-13(19)18(17-12)10-11(9-16)5-4-8-15/h6-7,11H,4-5,10H2,1-3H3. The van der Waals surface area contributed by atoms with Crippen LogP contribution < -0.4 is 5.56 Å². The maximum Gasteiger partial charge on any atom is 0.266 e. The van der Waals surface area contributed by atoms with Crippen LogP contribution in [-0.4, -0.2) is 9.78 Å². The lowest BCUT2D eigenvalue weighted by atomic mass is 9.92. The van der Waals surface area contributed by atoms with Crippen molar-refractivity contribution in [3.05, 3.63) is 28.2 Å². The van der Waals surface area contributed by atoms with Crippen LogP contribution in [0.15, 0.2) is 16.9 Å². The Morgan fingerprint density at radius 2 is 2.05 bits per heavy atom. The molecule has 1 aromatic rings. The number of nitrogens with zero attached hydrogens (tertiary/aromatic N) is 4. The summed E-state index contributed by atoms with van der Waals surface area (Å²) in [6, 6.07) is 7.33. The first-order valence-electron chi connectivity index (χ1n) is 6.23. The maximum absolute atomic E-state index is 11.7. The van der Waals surface area contributed by atoms with E-state index in [4.69, 9.17) is 10.5 Å². The average Bonchev–Trinajstić information content (AvgIpc) is 2.35. The summed E-state index contributed by atoms with van der Waals surface area (Å²) in [7, 11) is 0. The van der Waals surface area contributed by atoms with Gasteiger partial charge in [0.1, 0.15) is 0 Å². The zero-order valence-electron chi connectivity index (χ0n) is 11.6. The molecular weight excluding hydrogens is 240 g/mol. The first kappa shape index (κ1) is 14.9. The van der Waals surface area contributed by atoms with Gasteiger partial charge in [-0.3, -0.25) is 4.79 Å². The molecule has 0 bridgehead atoms. The van der Waals surface area contributed by atoms with E-state index in [2.05, 4.69) is 11.2 Å². The quantitative estimate of drug-likeness (QED) is 0.826. The van der Waals surface area contributed by atoms with Crippen LogP contribution in [0.4, 0.5) is 0 Å². The van der Waals surface area contributed by atoms with E-state index in [1.807, 2.05) is 26.8 Å². The highest BCUT2D eigenvalue weighted by molar-refractivity contribution is 5.10. The molecule has 0 aliphatic heterocycles. The van der Waals surface area contributed by atoms with Gasteiger partial charge in [-0.1, -0.05) is 20.8 Å². The van der Waals surface area contributed by atoms with Gasteiger partial charge in [0, 0.05) is 17.9 Å². The zero-order chi connectivity index (χ0) is 14.5. The molecule has 0 spiro atoms. The van der Waals surface area contributed by atoms with Gasteiger partial charge in [-0.15, -0.1) is 0 Å². The van der Waals surface area contributed by atoms with Gasteiger partial charge >= 0.3 is 0 Å². The minimum absolute atomic E-state index is 0.149. The van der Waals surface area contributed by atoms with E-state index >= 15 is 0 Å². The highest BCUT2D eigenvalue weighted by Crippen LogP contribution is 2.18. The lowest BCUT2D eigenvalue weighted by molar-refractivity contribution is 0.436. The fraction of sp³-hybridized carbons (Fsp3) is 0.571. The lowest BCUT2D eigenvalue weighted by Gasteiger charge is -2.19. The fourth-order valence-corrected chi connectivity index (χ4v) is 1.62. The van der Waals surface area contributed by atoms with Crippen LogP contribution in [-0.2, 0) is 12.0 Å². The third kappa shape index (κ3) is 4.22. The largest absolute Gasteiger partial charge is 0.268 e. The van der Waals surface area contributed by atoms with E-state index < -0.39 is 0 Å². The number of rotatable bonds is 4. The summed E-state index contributed by atoms with van der Waals surface area (Å²) in [5.41, 5.74) is 0.443. The molecule has 5 nitrogen and oxygen atoms in total. The normalized spacial score (nSPS) is 12.5. The van der Waals surface area contributed by atoms with Crippen LogP contribution in [0.3, 0.4) is 0 Å². The van der Waals surface area contributed by atoms with Gasteiger partial charge in [-0.05, 0) is 12.5 Å². The smallest absolute Gasteiger partial charge is 0.266 e. The second-order valence-electron chi connectivity index (χ2n) is 5.51. The summed E-state index contributed by atoms with van der Waals surface area (Å²) in [4.78, 5) is 11.7. The highest BCUT2D eigenvalue weighted by atomic mass is 16.1. The molecule has 19 heavy (non-hydrogen) atoms. The maximum atomic E-state index is 11.7. The minimum Gasteiger partial charge on any atom is -0.268 e. The number of aromatic nitrogens is 2. The van der Waals surface area contributed by atoms with Crippen molar-refractivity contribution in [2.75, 3.05) is 0 Å². The van der Waals surface area contributed by atoms with Crippen LogP contribution in [0.2, 0.25) is 0 Å². The predicted molar refractivity (Wildman–Crippen MR) is 71.1 cm³/mol. The molecule has 0 saturated heterocycles. The molecule has 0 aromatic carbocycles. The van der Waals surface area contributed by atoms with Crippen LogP contribution in [0.5, 0.6) is 0 Å². The molecule has 0 saturated carbocycles. The van der Waals surface area contributed by atoms with Crippen LogP contribution >= 0.6 is 0 Å². The van der Waals surface area contributed by atoms with Crippen LogP contribution in [0, 0.1) is 28.6 Å². The summed E-state index contributed by atoms with van der Waals surface area (Å²) in [5, 5.41) is 21.9. The van der Waals surface area contributed by atoms with Crippen molar-refractivity contribution >= 4 is 0 Å². The Bertz CT molecular complexity index is 569. The molecule has 1 rings (SSSR count). The fourth-order valence-electron chi connectivity index (χ4n) is 1.62. The molecule has 1 unspecified atom stereocenters. The Morgan fingerprint density at radius 3 is 2.58 bits per heavy atom. The molecule has 100 valence electrons. The number of hydrogen-bond donors (Lipinski definition) is 0. The van der Waals surface area contributed by atoms with Crippen molar-refractivity contribution in [1.82, 2.24) is 9.78 Å². The molecule has 5 heteroatoms. The topological polar surface area (TPSA) is 82.5 Å². The van der Waals surface area contributed by atoms with E-state index in [1.165, 1.54) is 10.7 Å². The summed E-state index contributed by atoms with van der Waals surface area (Å²) in [5.74, 6) is -0.361. The van der Waals surface area contributed by atoms with E-state index in [0.717, 1.165) is 5.69 Å². The van der Waals surface area contributed by atoms with Crippen molar-refractivity contribution < 1.29 is 0 Å². The highest BCUT2D eigenvalue weighted by Gasteiger charge is 2.17. The zero-order valence-corrected chi connectivity index (χ0v) is 11.6. The molecule has 0 amide bonds. The first-order valence-corrected chi connectivity index (χ1v) is 6.23. The third-order valence-electron chi connectivity index (χ3n) is 2.82. The molecule has 0 N–H and O–H groups in total. The molecule has 0 radical (unpaired) electrons. The number of hydrogen-bond acceptors (Lipinski definition) is 4. The monoisotopic (exact) mass is 258 g/mol. The van der Waals surface area contributed by atoms with E-state index in [0.29, 0.717) is 12.8 Å². The summed E-state index contributed by atoms with van der Waals surface area (Å²) >= 11 is 0. The van der Waals surface area contributed by atoms with Crippen molar-refractivity contribution in [3.8, 4) is 12.1 Å². The average molecular weight is 258 g/mol. The second kappa shape index (κ2) is 6.15. The SMILES string of the molecule is CC(C)(C)c1ccc(=O)n(CC(C#N)CCC#N)n1. The molecule has 0 fully saturated rings. The summed E-state index contributed by atoms with van der Waals surface area (Å²) < 4.78 is 1.33. The van der Waals surface area contributed by atoms with Crippen LogP contribution in [0.25, 0.3) is 0 Å². The second-order valence-corrected chi connectivity index (χ2v) is 5.51. The summed E-state index contributed by atoms with van der Waals surface area (Å²) in [6.45, 7) is 6.28. The van der Waals surface area contributed by atoms with E-state index in [9.17, 15) is 4.79 Å². The van der Waals surface area contributed by atoms with Gasteiger partial charge < -0.3 is 0 Å². The molecule has 0 aliphatic carbocycles. The molecule has 1 aromatic heterocycles. The van der Waals surface area contributed by atoms with Crippen molar-refractivity contribution in [2.45, 2.75) is 45.6 Å². The lowest BCUT2D eigenvalue weighted by Crippen LogP contribution is -2.29. The van der Waals surface area contributed by atoms with Gasteiger partial charge in [0.2, 0.25) is 0 Å². The Morgan fingerprint density at radius 1 is 1.37 bits per heavy atom. The van der Waals surface area contributed by atoms with Crippen LogP contribution in [0.1, 0.15) is 39.3 Å².